The minimum absolute atomic E-state index is 0.116. The van der Waals surface area contributed by atoms with Crippen molar-refractivity contribution >= 4 is 11.0 Å². The van der Waals surface area contributed by atoms with Crippen molar-refractivity contribution in [3.63, 3.8) is 0 Å². The maximum absolute atomic E-state index is 10.2. The summed E-state index contributed by atoms with van der Waals surface area (Å²) in [6, 6.07) is 12.8. The fourth-order valence-electron chi connectivity index (χ4n) is 2.36. The number of nitrogens with zero attached hydrogens (tertiary/aromatic N) is 3. The highest BCUT2D eigenvalue weighted by Crippen LogP contribution is 2.27. The molecule has 126 valence electrons. The zero-order valence-electron chi connectivity index (χ0n) is 13.5. The van der Waals surface area contributed by atoms with Crippen molar-refractivity contribution < 1.29 is 19.3 Å². The molecule has 3 aromatic rings. The number of hydrogen-bond acceptors (Lipinski definition) is 6. The van der Waals surface area contributed by atoms with Gasteiger partial charge in [0.05, 0.1) is 26.3 Å². The largest absolute Gasteiger partial charge is 0.496 e. The van der Waals surface area contributed by atoms with Crippen LogP contribution in [0, 0.1) is 0 Å². The molecule has 0 spiro atoms. The predicted molar refractivity (Wildman–Crippen MR) is 88.6 cm³/mol. The second-order valence-corrected chi connectivity index (χ2v) is 5.27. The van der Waals surface area contributed by atoms with Gasteiger partial charge in [-0.2, -0.15) is 0 Å². The standard InChI is InChI=1S/C17H19N3O4/c1-22-13-7-14(23-2)9-15(8-13)24-11-12(21)10-20-17-6-4-3-5-16(17)18-19-20/h3-9,12,21H,10-11H2,1-2H3/t12-/m1/s1. The topological polar surface area (TPSA) is 78.6 Å². The van der Waals surface area contributed by atoms with Crippen molar-refractivity contribution in [1.29, 1.82) is 0 Å². The second kappa shape index (κ2) is 7.18. The molecule has 1 N–H and O–H groups in total. The molecule has 0 radical (unpaired) electrons. The van der Waals surface area contributed by atoms with E-state index in [9.17, 15) is 5.11 Å². The van der Waals surface area contributed by atoms with Crippen LogP contribution in [0.3, 0.4) is 0 Å². The van der Waals surface area contributed by atoms with Crippen LogP contribution in [0.25, 0.3) is 11.0 Å². The van der Waals surface area contributed by atoms with Crippen LogP contribution in [0.5, 0.6) is 17.2 Å². The minimum atomic E-state index is -0.729. The third-order valence-corrected chi connectivity index (χ3v) is 3.57. The molecule has 0 bridgehead atoms. The molecule has 1 aromatic heterocycles. The van der Waals surface area contributed by atoms with Gasteiger partial charge in [-0.25, -0.2) is 4.68 Å². The van der Waals surface area contributed by atoms with Crippen LogP contribution in [-0.4, -0.2) is 47.0 Å². The molecule has 0 fully saturated rings. The molecule has 2 aromatic carbocycles. The average Bonchev–Trinajstić information content (AvgIpc) is 3.02. The van der Waals surface area contributed by atoms with Crippen LogP contribution >= 0.6 is 0 Å². The van der Waals surface area contributed by atoms with E-state index in [0.717, 1.165) is 11.0 Å². The molecule has 1 atom stereocenters. The molecular formula is C17H19N3O4. The van der Waals surface area contributed by atoms with E-state index in [1.807, 2.05) is 24.3 Å². The maximum Gasteiger partial charge on any atom is 0.126 e. The Morgan fingerprint density at radius 1 is 1.04 bits per heavy atom. The van der Waals surface area contributed by atoms with Gasteiger partial charge in [0.15, 0.2) is 0 Å². The van der Waals surface area contributed by atoms with Gasteiger partial charge in [0.2, 0.25) is 0 Å². The number of aromatic nitrogens is 3. The first-order chi connectivity index (χ1) is 11.7. The molecule has 0 aliphatic rings. The monoisotopic (exact) mass is 329 g/mol. The van der Waals surface area contributed by atoms with Gasteiger partial charge in [0.25, 0.3) is 0 Å². The number of fused-ring (bicyclic) bond motifs is 1. The van der Waals surface area contributed by atoms with E-state index in [1.165, 1.54) is 0 Å². The lowest BCUT2D eigenvalue weighted by molar-refractivity contribution is 0.0897. The maximum atomic E-state index is 10.2. The molecule has 0 saturated carbocycles. The van der Waals surface area contributed by atoms with E-state index < -0.39 is 6.10 Å². The molecule has 7 nitrogen and oxygen atoms in total. The van der Waals surface area contributed by atoms with Gasteiger partial charge in [-0.1, -0.05) is 17.3 Å². The molecule has 0 aliphatic heterocycles. The van der Waals surface area contributed by atoms with Crippen LogP contribution in [0.1, 0.15) is 0 Å². The summed E-state index contributed by atoms with van der Waals surface area (Å²) >= 11 is 0. The lowest BCUT2D eigenvalue weighted by atomic mass is 10.3. The molecule has 0 aliphatic carbocycles. The SMILES string of the molecule is COc1cc(OC)cc(OC[C@H](O)Cn2nnc3ccccc32)c1. The first-order valence-corrected chi connectivity index (χ1v) is 7.52. The summed E-state index contributed by atoms with van der Waals surface area (Å²) in [4.78, 5) is 0. The molecule has 0 saturated heterocycles. The first-order valence-electron chi connectivity index (χ1n) is 7.52. The lowest BCUT2D eigenvalue weighted by Gasteiger charge is -2.14. The Kier molecular flexibility index (Phi) is 4.81. The number of ether oxygens (including phenoxy) is 3. The van der Waals surface area contributed by atoms with E-state index >= 15 is 0 Å². The van der Waals surface area contributed by atoms with Crippen LogP contribution in [0.2, 0.25) is 0 Å². The Morgan fingerprint density at radius 2 is 1.71 bits per heavy atom. The van der Waals surface area contributed by atoms with E-state index in [-0.39, 0.29) is 6.61 Å². The Bertz CT molecular complexity index is 796. The van der Waals surface area contributed by atoms with Gasteiger partial charge >= 0.3 is 0 Å². The normalized spacial score (nSPS) is 12.1. The quantitative estimate of drug-likeness (QED) is 0.713. The van der Waals surface area contributed by atoms with Gasteiger partial charge in [0.1, 0.15) is 35.5 Å². The van der Waals surface area contributed by atoms with Crippen molar-refractivity contribution in [2.24, 2.45) is 0 Å². The highest BCUT2D eigenvalue weighted by Gasteiger charge is 2.11. The minimum Gasteiger partial charge on any atom is -0.496 e. The summed E-state index contributed by atoms with van der Waals surface area (Å²) < 4.78 is 17.7. The first kappa shape index (κ1) is 16.1. The predicted octanol–water partition coefficient (Wildman–Crippen LogP) is 1.89. The van der Waals surface area contributed by atoms with Gasteiger partial charge in [0, 0.05) is 18.2 Å². The fraction of sp³-hybridized carbons (Fsp3) is 0.294. The molecule has 0 amide bonds. The molecule has 24 heavy (non-hydrogen) atoms. The van der Waals surface area contributed by atoms with E-state index in [1.54, 1.807) is 37.1 Å². The van der Waals surface area contributed by atoms with E-state index in [2.05, 4.69) is 10.3 Å². The Labute approximate surface area is 139 Å². The van der Waals surface area contributed by atoms with E-state index in [0.29, 0.717) is 23.8 Å². The van der Waals surface area contributed by atoms with E-state index in [4.69, 9.17) is 14.2 Å². The van der Waals surface area contributed by atoms with Crippen molar-refractivity contribution in [2.75, 3.05) is 20.8 Å². The van der Waals surface area contributed by atoms with Crippen molar-refractivity contribution in [3.05, 3.63) is 42.5 Å². The number of methoxy groups -OCH3 is 2. The summed E-state index contributed by atoms with van der Waals surface area (Å²) in [5, 5.41) is 18.3. The summed E-state index contributed by atoms with van der Waals surface area (Å²) in [6.45, 7) is 0.409. The van der Waals surface area contributed by atoms with Crippen LogP contribution in [-0.2, 0) is 6.54 Å². The molecule has 0 unspecified atom stereocenters. The molecule has 7 heteroatoms. The van der Waals surface area contributed by atoms with Crippen LogP contribution < -0.4 is 14.2 Å². The highest BCUT2D eigenvalue weighted by atomic mass is 16.5. The van der Waals surface area contributed by atoms with Crippen molar-refractivity contribution in [1.82, 2.24) is 15.0 Å². The third kappa shape index (κ3) is 3.57. The van der Waals surface area contributed by atoms with Gasteiger partial charge in [-0.05, 0) is 12.1 Å². The molecule has 1 heterocycles. The van der Waals surface area contributed by atoms with Crippen molar-refractivity contribution in [3.8, 4) is 17.2 Å². The zero-order valence-corrected chi connectivity index (χ0v) is 13.5. The van der Waals surface area contributed by atoms with Gasteiger partial charge in [-0.15, -0.1) is 5.10 Å². The second-order valence-electron chi connectivity index (χ2n) is 5.27. The van der Waals surface area contributed by atoms with Gasteiger partial charge < -0.3 is 19.3 Å². The third-order valence-electron chi connectivity index (χ3n) is 3.57. The Morgan fingerprint density at radius 3 is 2.42 bits per heavy atom. The summed E-state index contributed by atoms with van der Waals surface area (Å²) in [6.07, 6.45) is -0.729. The van der Waals surface area contributed by atoms with Crippen LogP contribution in [0.15, 0.2) is 42.5 Å². The number of aliphatic hydroxyl groups excluding tert-OH is 1. The summed E-state index contributed by atoms with van der Waals surface area (Å²) in [7, 11) is 3.15. The lowest BCUT2D eigenvalue weighted by Crippen LogP contribution is -2.24. The number of hydrogen-bond donors (Lipinski definition) is 1. The number of rotatable bonds is 7. The van der Waals surface area contributed by atoms with Gasteiger partial charge in [-0.3, -0.25) is 0 Å². The number of para-hydroxylation sites is 1. The smallest absolute Gasteiger partial charge is 0.126 e. The number of aliphatic hydroxyl groups is 1. The Hall–Kier alpha value is -2.80. The van der Waals surface area contributed by atoms with Crippen LogP contribution in [0.4, 0.5) is 0 Å². The Balaban J connectivity index is 1.64. The molecule has 3 rings (SSSR count). The average molecular weight is 329 g/mol. The zero-order chi connectivity index (χ0) is 16.9. The summed E-state index contributed by atoms with van der Waals surface area (Å²) in [5.74, 6) is 1.82. The number of benzene rings is 2. The summed E-state index contributed by atoms with van der Waals surface area (Å²) in [5.41, 5.74) is 1.67. The highest BCUT2D eigenvalue weighted by molar-refractivity contribution is 5.73. The molecular weight excluding hydrogens is 310 g/mol. The van der Waals surface area contributed by atoms with Crippen molar-refractivity contribution in [2.45, 2.75) is 12.6 Å². The fourth-order valence-corrected chi connectivity index (χ4v) is 2.36.